The second kappa shape index (κ2) is 7.79. The Hall–Kier alpha value is -1.88. The van der Waals surface area contributed by atoms with Crippen LogP contribution in [0.15, 0.2) is 42.5 Å². The first kappa shape index (κ1) is 17.0. The van der Waals surface area contributed by atoms with Crippen molar-refractivity contribution >= 4 is 23.2 Å². The number of hydrogen-bond acceptors (Lipinski definition) is 3. The number of ether oxygens (including phenoxy) is 1. The maximum absolute atomic E-state index is 12.4. The fraction of sp³-hybridized carbons (Fsp3) is 0.316. The van der Waals surface area contributed by atoms with Gasteiger partial charge in [0.15, 0.2) is 0 Å². The van der Waals surface area contributed by atoms with Gasteiger partial charge in [0.2, 0.25) is 0 Å². The average molecular weight is 345 g/mol. The summed E-state index contributed by atoms with van der Waals surface area (Å²) in [7, 11) is 0. The molecule has 0 bridgehead atoms. The van der Waals surface area contributed by atoms with E-state index in [1.165, 1.54) is 5.56 Å². The maximum Gasteiger partial charge on any atom is 0.255 e. The highest BCUT2D eigenvalue weighted by molar-refractivity contribution is 6.34. The largest absolute Gasteiger partial charge is 0.379 e. The van der Waals surface area contributed by atoms with E-state index in [4.69, 9.17) is 16.3 Å². The van der Waals surface area contributed by atoms with Gasteiger partial charge in [0.25, 0.3) is 5.91 Å². The monoisotopic (exact) mass is 344 g/mol. The Morgan fingerprint density at radius 1 is 1.17 bits per heavy atom. The van der Waals surface area contributed by atoms with E-state index >= 15 is 0 Å². The average Bonchev–Trinajstić information content (AvgIpc) is 2.59. The molecule has 0 unspecified atom stereocenters. The molecule has 0 spiro atoms. The second-order valence-corrected chi connectivity index (χ2v) is 6.43. The number of aryl methyl sites for hydroxylation is 1. The van der Waals surface area contributed by atoms with Crippen molar-refractivity contribution in [1.29, 1.82) is 0 Å². The molecule has 1 fully saturated rings. The highest BCUT2D eigenvalue weighted by Gasteiger charge is 2.12. The molecule has 0 saturated carbocycles. The van der Waals surface area contributed by atoms with Crippen LogP contribution in [0.4, 0.5) is 5.69 Å². The zero-order chi connectivity index (χ0) is 16.9. The summed E-state index contributed by atoms with van der Waals surface area (Å²) in [6.07, 6.45) is 0. The Labute approximate surface area is 147 Å². The van der Waals surface area contributed by atoms with Gasteiger partial charge in [-0.05, 0) is 42.3 Å². The zero-order valence-corrected chi connectivity index (χ0v) is 14.5. The van der Waals surface area contributed by atoms with Gasteiger partial charge in [-0.1, -0.05) is 29.8 Å². The Morgan fingerprint density at radius 3 is 2.54 bits per heavy atom. The molecule has 126 valence electrons. The Kier molecular flexibility index (Phi) is 5.51. The van der Waals surface area contributed by atoms with Crippen LogP contribution in [0.1, 0.15) is 21.5 Å². The van der Waals surface area contributed by atoms with Gasteiger partial charge in [-0.2, -0.15) is 0 Å². The smallest absolute Gasteiger partial charge is 0.255 e. The third-order valence-corrected chi connectivity index (χ3v) is 4.41. The second-order valence-electron chi connectivity index (χ2n) is 6.02. The van der Waals surface area contributed by atoms with Gasteiger partial charge in [0.1, 0.15) is 0 Å². The van der Waals surface area contributed by atoms with Gasteiger partial charge in [-0.25, -0.2) is 0 Å². The number of nitrogens with one attached hydrogen (secondary N) is 1. The number of rotatable bonds is 4. The Morgan fingerprint density at radius 2 is 1.88 bits per heavy atom. The summed E-state index contributed by atoms with van der Waals surface area (Å²) in [6.45, 7) is 6.33. The number of amides is 1. The molecule has 0 radical (unpaired) electrons. The molecule has 1 saturated heterocycles. The van der Waals surface area contributed by atoms with Crippen LogP contribution in [0.2, 0.25) is 5.02 Å². The number of benzene rings is 2. The molecule has 4 nitrogen and oxygen atoms in total. The van der Waals surface area contributed by atoms with Crippen LogP contribution in [-0.4, -0.2) is 37.1 Å². The summed E-state index contributed by atoms with van der Waals surface area (Å²) in [4.78, 5) is 14.7. The van der Waals surface area contributed by atoms with Gasteiger partial charge >= 0.3 is 0 Å². The minimum Gasteiger partial charge on any atom is -0.379 e. The molecule has 0 aliphatic carbocycles. The summed E-state index contributed by atoms with van der Waals surface area (Å²) in [5.74, 6) is -0.154. The van der Waals surface area contributed by atoms with Crippen LogP contribution in [0, 0.1) is 6.92 Å². The lowest BCUT2D eigenvalue weighted by Crippen LogP contribution is -2.35. The molecule has 1 amide bonds. The molecule has 1 N–H and O–H groups in total. The number of anilines is 1. The molecule has 2 aromatic rings. The SMILES string of the molecule is Cc1ccc(NC(=O)c2ccc(CN3CCOCC3)cc2)c(Cl)c1. The lowest BCUT2D eigenvalue weighted by molar-refractivity contribution is 0.0342. The van der Waals surface area contributed by atoms with Crippen LogP contribution in [0.25, 0.3) is 0 Å². The van der Waals surface area contributed by atoms with E-state index in [-0.39, 0.29) is 5.91 Å². The van der Waals surface area contributed by atoms with E-state index in [1.54, 1.807) is 0 Å². The summed E-state index contributed by atoms with van der Waals surface area (Å²) < 4.78 is 5.36. The molecule has 1 aliphatic heterocycles. The molecule has 0 atom stereocenters. The molecule has 3 rings (SSSR count). The number of nitrogens with zero attached hydrogens (tertiary/aromatic N) is 1. The van der Waals surface area contributed by atoms with Crippen molar-refractivity contribution in [3.63, 3.8) is 0 Å². The number of morpholine rings is 1. The standard InChI is InChI=1S/C19H21ClN2O2/c1-14-2-7-18(17(20)12-14)21-19(23)16-5-3-15(4-6-16)13-22-8-10-24-11-9-22/h2-7,12H,8-11,13H2,1H3,(H,21,23). The first-order valence-corrected chi connectivity index (χ1v) is 8.46. The molecule has 5 heteroatoms. The number of carbonyl (C=O) groups excluding carboxylic acids is 1. The van der Waals surface area contributed by atoms with Crippen LogP contribution in [-0.2, 0) is 11.3 Å². The first-order chi connectivity index (χ1) is 11.6. The minimum atomic E-state index is -0.154. The predicted octanol–water partition coefficient (Wildman–Crippen LogP) is 3.73. The number of carbonyl (C=O) groups is 1. The Bertz CT molecular complexity index is 710. The number of hydrogen-bond donors (Lipinski definition) is 1. The Balaban J connectivity index is 1.62. The van der Waals surface area contributed by atoms with E-state index in [2.05, 4.69) is 10.2 Å². The van der Waals surface area contributed by atoms with Crippen LogP contribution in [0.3, 0.4) is 0 Å². The van der Waals surface area contributed by atoms with Crippen LogP contribution in [0.5, 0.6) is 0 Å². The molecule has 0 aromatic heterocycles. The highest BCUT2D eigenvalue weighted by atomic mass is 35.5. The van der Waals surface area contributed by atoms with Crippen molar-refractivity contribution in [2.24, 2.45) is 0 Å². The lowest BCUT2D eigenvalue weighted by atomic mass is 10.1. The lowest BCUT2D eigenvalue weighted by Gasteiger charge is -2.26. The van der Waals surface area contributed by atoms with E-state index < -0.39 is 0 Å². The topological polar surface area (TPSA) is 41.6 Å². The summed E-state index contributed by atoms with van der Waals surface area (Å²) in [6, 6.07) is 13.3. The third kappa shape index (κ3) is 4.35. The molecule has 1 aliphatic rings. The first-order valence-electron chi connectivity index (χ1n) is 8.08. The van der Waals surface area contributed by atoms with Crippen LogP contribution >= 0.6 is 11.6 Å². The summed E-state index contributed by atoms with van der Waals surface area (Å²) in [5.41, 5.74) is 3.51. The molecule has 1 heterocycles. The van der Waals surface area contributed by atoms with E-state index in [1.807, 2.05) is 49.4 Å². The molecule has 2 aromatic carbocycles. The van der Waals surface area contributed by atoms with Crippen molar-refractivity contribution < 1.29 is 9.53 Å². The van der Waals surface area contributed by atoms with E-state index in [0.717, 1.165) is 38.4 Å². The van der Waals surface area contributed by atoms with Crippen LogP contribution < -0.4 is 5.32 Å². The fourth-order valence-corrected chi connectivity index (χ4v) is 2.98. The normalized spacial score (nSPS) is 15.2. The van der Waals surface area contributed by atoms with E-state index in [0.29, 0.717) is 16.3 Å². The summed E-state index contributed by atoms with van der Waals surface area (Å²) in [5, 5.41) is 3.41. The maximum atomic E-state index is 12.4. The van der Waals surface area contributed by atoms with Gasteiger partial charge in [0, 0.05) is 25.2 Å². The zero-order valence-electron chi connectivity index (χ0n) is 13.7. The predicted molar refractivity (Wildman–Crippen MR) is 96.7 cm³/mol. The van der Waals surface area contributed by atoms with Crippen molar-refractivity contribution in [3.05, 3.63) is 64.2 Å². The quantitative estimate of drug-likeness (QED) is 0.918. The van der Waals surface area contributed by atoms with E-state index in [9.17, 15) is 4.79 Å². The highest BCUT2D eigenvalue weighted by Crippen LogP contribution is 2.23. The van der Waals surface area contributed by atoms with Gasteiger partial charge < -0.3 is 10.1 Å². The molecular weight excluding hydrogens is 324 g/mol. The summed E-state index contributed by atoms with van der Waals surface area (Å²) >= 11 is 6.16. The minimum absolute atomic E-state index is 0.154. The van der Waals surface area contributed by atoms with Crippen molar-refractivity contribution in [2.75, 3.05) is 31.6 Å². The third-order valence-electron chi connectivity index (χ3n) is 4.10. The van der Waals surface area contributed by atoms with Gasteiger partial charge in [0.05, 0.1) is 23.9 Å². The van der Waals surface area contributed by atoms with Crippen molar-refractivity contribution in [3.8, 4) is 0 Å². The van der Waals surface area contributed by atoms with Gasteiger partial charge in [-0.3, -0.25) is 9.69 Å². The molecule has 24 heavy (non-hydrogen) atoms. The van der Waals surface area contributed by atoms with Crippen molar-refractivity contribution in [1.82, 2.24) is 4.90 Å². The van der Waals surface area contributed by atoms with Crippen molar-refractivity contribution in [2.45, 2.75) is 13.5 Å². The fourth-order valence-electron chi connectivity index (χ4n) is 2.70. The number of halogens is 1. The molecular formula is C19H21ClN2O2. The van der Waals surface area contributed by atoms with Gasteiger partial charge in [-0.15, -0.1) is 0 Å².